The van der Waals surface area contributed by atoms with Crippen molar-refractivity contribution >= 4 is 69.7 Å². The highest BCUT2D eigenvalue weighted by Gasteiger charge is 2.36. The number of nitrogens with one attached hydrogen (secondary N) is 3. The van der Waals surface area contributed by atoms with E-state index < -0.39 is 21.3 Å². The van der Waals surface area contributed by atoms with Gasteiger partial charge in [0, 0.05) is 11.1 Å². The largest absolute Gasteiger partial charge is 0.478 e. The first-order chi connectivity index (χ1) is 11.3. The Balaban J connectivity index is 2.78. The smallest absolute Gasteiger partial charge is 0.335 e. The summed E-state index contributed by atoms with van der Waals surface area (Å²) in [6, 6.07) is 5.91. The second kappa shape index (κ2) is 8.40. The van der Waals surface area contributed by atoms with E-state index in [1.54, 1.807) is 20.8 Å². The number of thiocarbonyl (C=S) groups is 1. The van der Waals surface area contributed by atoms with Gasteiger partial charge < -0.3 is 21.1 Å². The molecule has 0 aromatic heterocycles. The number of amides is 1. The van der Waals surface area contributed by atoms with Gasteiger partial charge in [-0.25, -0.2) is 4.79 Å². The zero-order valence-electron chi connectivity index (χ0n) is 13.7. The molecule has 1 rings (SSSR count). The van der Waals surface area contributed by atoms with Gasteiger partial charge >= 0.3 is 5.97 Å². The number of rotatable bonds is 4. The lowest BCUT2D eigenvalue weighted by atomic mass is 9.95. The molecule has 0 radical (unpaired) electrons. The highest BCUT2D eigenvalue weighted by Crippen LogP contribution is 2.30. The minimum absolute atomic E-state index is 0.0913. The summed E-state index contributed by atoms with van der Waals surface area (Å²) in [6.07, 6.45) is -1.07. The van der Waals surface area contributed by atoms with E-state index >= 15 is 0 Å². The van der Waals surface area contributed by atoms with Crippen LogP contribution in [-0.2, 0) is 4.79 Å². The molecule has 0 spiro atoms. The third-order valence-corrected chi connectivity index (χ3v) is 3.82. The van der Waals surface area contributed by atoms with Gasteiger partial charge in [-0.1, -0.05) is 55.6 Å². The molecule has 6 nitrogen and oxygen atoms in total. The molecule has 138 valence electrons. The van der Waals surface area contributed by atoms with Crippen LogP contribution in [0, 0.1) is 5.41 Å². The van der Waals surface area contributed by atoms with Crippen LogP contribution in [0.3, 0.4) is 0 Å². The molecule has 10 heteroatoms. The fourth-order valence-corrected chi connectivity index (χ4v) is 2.10. The molecule has 4 N–H and O–H groups in total. The summed E-state index contributed by atoms with van der Waals surface area (Å²) in [6.45, 7) is 5.16. The lowest BCUT2D eigenvalue weighted by Gasteiger charge is -2.30. The van der Waals surface area contributed by atoms with Crippen LogP contribution < -0.4 is 16.0 Å². The molecule has 0 saturated carbocycles. The molecule has 1 amide bonds. The van der Waals surface area contributed by atoms with E-state index in [1.165, 1.54) is 24.3 Å². The number of alkyl halides is 3. The van der Waals surface area contributed by atoms with Crippen molar-refractivity contribution < 1.29 is 14.7 Å². The van der Waals surface area contributed by atoms with Crippen LogP contribution >= 0.6 is 47.0 Å². The first-order valence-electron chi connectivity index (χ1n) is 7.09. The molecule has 1 atom stereocenters. The summed E-state index contributed by atoms with van der Waals surface area (Å²) < 4.78 is -1.85. The van der Waals surface area contributed by atoms with Crippen molar-refractivity contribution in [2.75, 3.05) is 5.32 Å². The number of benzene rings is 1. The van der Waals surface area contributed by atoms with Crippen LogP contribution in [0.15, 0.2) is 24.3 Å². The van der Waals surface area contributed by atoms with Gasteiger partial charge in [0.15, 0.2) is 5.11 Å². The van der Waals surface area contributed by atoms with Gasteiger partial charge in [-0.3, -0.25) is 4.79 Å². The van der Waals surface area contributed by atoms with E-state index in [0.717, 1.165) is 0 Å². The van der Waals surface area contributed by atoms with Crippen molar-refractivity contribution in [2.24, 2.45) is 5.41 Å². The zero-order chi connectivity index (χ0) is 19.4. The Morgan fingerprint density at radius 3 is 2.00 bits per heavy atom. The summed E-state index contributed by atoms with van der Waals surface area (Å²) in [5, 5.41) is 17.1. The van der Waals surface area contributed by atoms with Crippen molar-refractivity contribution in [3.8, 4) is 0 Å². The average molecular weight is 427 g/mol. The molecule has 1 aromatic rings. The third kappa shape index (κ3) is 7.23. The van der Waals surface area contributed by atoms with E-state index in [-0.39, 0.29) is 16.6 Å². The zero-order valence-corrected chi connectivity index (χ0v) is 16.8. The minimum atomic E-state index is -1.85. The molecule has 25 heavy (non-hydrogen) atoms. The van der Waals surface area contributed by atoms with E-state index in [1.807, 2.05) is 0 Å². The molecule has 0 fully saturated rings. The maximum absolute atomic E-state index is 12.1. The van der Waals surface area contributed by atoms with Crippen LogP contribution in [0.25, 0.3) is 0 Å². The van der Waals surface area contributed by atoms with E-state index in [2.05, 4.69) is 16.0 Å². The minimum Gasteiger partial charge on any atom is -0.478 e. The quantitative estimate of drug-likeness (QED) is 0.334. The summed E-state index contributed by atoms with van der Waals surface area (Å²) >= 11 is 22.8. The molecule has 0 saturated heterocycles. The molecular weight excluding hydrogens is 409 g/mol. The number of aromatic carboxylic acids is 1. The van der Waals surface area contributed by atoms with E-state index in [0.29, 0.717) is 5.69 Å². The summed E-state index contributed by atoms with van der Waals surface area (Å²) in [5.74, 6) is -1.36. The van der Waals surface area contributed by atoms with Gasteiger partial charge in [-0.05, 0) is 36.5 Å². The molecular formula is C15H18Cl3N3O3S. The standard InChI is InChI=1S/C15H18Cl3N3O3S/c1-14(2,3)12(24)20-11(15(16,17)18)21-13(25)19-9-6-4-8(5-7-9)10(22)23/h4-7,11H,1-3H3,(H,20,24)(H,22,23)(H2,19,21,25). The molecule has 0 bridgehead atoms. The van der Waals surface area contributed by atoms with Crippen molar-refractivity contribution in [2.45, 2.75) is 30.7 Å². The number of hydrogen-bond acceptors (Lipinski definition) is 3. The lowest BCUT2D eigenvalue weighted by molar-refractivity contribution is -0.129. The lowest BCUT2D eigenvalue weighted by Crippen LogP contribution is -2.58. The molecule has 0 heterocycles. The van der Waals surface area contributed by atoms with E-state index in [4.69, 9.17) is 52.1 Å². The summed E-state index contributed by atoms with van der Waals surface area (Å²) in [4.78, 5) is 22.9. The molecule has 0 aliphatic rings. The Morgan fingerprint density at radius 1 is 1.08 bits per heavy atom. The van der Waals surface area contributed by atoms with Gasteiger partial charge in [0.25, 0.3) is 0 Å². The number of halogens is 3. The number of hydrogen-bond donors (Lipinski definition) is 4. The van der Waals surface area contributed by atoms with Crippen LogP contribution in [0.1, 0.15) is 31.1 Å². The SMILES string of the molecule is CC(C)(C)C(=O)NC(NC(=S)Nc1ccc(C(=O)O)cc1)C(Cl)(Cl)Cl. The van der Waals surface area contributed by atoms with Crippen LogP contribution in [0.2, 0.25) is 0 Å². The Kier molecular flexibility index (Phi) is 7.31. The third-order valence-electron chi connectivity index (χ3n) is 2.95. The van der Waals surface area contributed by atoms with Gasteiger partial charge in [0.2, 0.25) is 9.70 Å². The normalized spacial score (nSPS) is 12.9. The number of anilines is 1. The van der Waals surface area contributed by atoms with Crippen molar-refractivity contribution in [3.63, 3.8) is 0 Å². The number of carbonyl (C=O) groups excluding carboxylic acids is 1. The molecule has 1 aromatic carbocycles. The van der Waals surface area contributed by atoms with Gasteiger partial charge in [-0.2, -0.15) is 0 Å². The number of carbonyl (C=O) groups is 2. The second-order valence-corrected chi connectivity index (χ2v) is 8.96. The monoisotopic (exact) mass is 425 g/mol. The number of carboxylic acid groups (broad SMARTS) is 1. The van der Waals surface area contributed by atoms with Crippen LogP contribution in [0.5, 0.6) is 0 Å². The van der Waals surface area contributed by atoms with Crippen LogP contribution in [0.4, 0.5) is 5.69 Å². The predicted molar refractivity (Wildman–Crippen MR) is 104 cm³/mol. The first-order valence-corrected chi connectivity index (χ1v) is 8.63. The molecule has 1 unspecified atom stereocenters. The van der Waals surface area contributed by atoms with Gasteiger partial charge in [0.1, 0.15) is 6.17 Å². The highest BCUT2D eigenvalue weighted by molar-refractivity contribution is 7.80. The number of carboxylic acids is 1. The summed E-state index contributed by atoms with van der Waals surface area (Å²) in [7, 11) is 0. The maximum Gasteiger partial charge on any atom is 0.335 e. The van der Waals surface area contributed by atoms with Gasteiger partial charge in [-0.15, -0.1) is 0 Å². The van der Waals surface area contributed by atoms with Crippen molar-refractivity contribution in [3.05, 3.63) is 29.8 Å². The van der Waals surface area contributed by atoms with Crippen molar-refractivity contribution in [1.29, 1.82) is 0 Å². The average Bonchev–Trinajstić information content (AvgIpc) is 2.44. The molecule has 0 aliphatic heterocycles. The highest BCUT2D eigenvalue weighted by atomic mass is 35.6. The second-order valence-electron chi connectivity index (χ2n) is 6.18. The maximum atomic E-state index is 12.1. The Labute approximate surface area is 166 Å². The predicted octanol–water partition coefficient (Wildman–Crippen LogP) is 3.53. The Morgan fingerprint density at radius 2 is 1.60 bits per heavy atom. The Hall–Kier alpha value is -1.28. The topological polar surface area (TPSA) is 90.5 Å². The van der Waals surface area contributed by atoms with Crippen molar-refractivity contribution in [1.82, 2.24) is 10.6 Å². The fraction of sp³-hybridized carbons (Fsp3) is 0.400. The van der Waals surface area contributed by atoms with Crippen LogP contribution in [-0.4, -0.2) is 32.1 Å². The summed E-state index contributed by atoms with van der Waals surface area (Å²) in [5.41, 5.74) is -0.00821. The first kappa shape index (κ1) is 21.8. The van der Waals surface area contributed by atoms with E-state index in [9.17, 15) is 9.59 Å². The fourth-order valence-electron chi connectivity index (χ4n) is 1.54. The Bertz CT molecular complexity index is 655. The van der Waals surface area contributed by atoms with Gasteiger partial charge in [0.05, 0.1) is 5.56 Å². The molecule has 0 aliphatic carbocycles.